The Kier molecular flexibility index (Phi) is 14.0. The summed E-state index contributed by atoms with van der Waals surface area (Å²) in [5.41, 5.74) is 0.232. The standard InChI is InChI=1S/C28H48N2O3/c1-8-9-10-11-12-13-14-15-20-30(4)21-16-19-28(22-29,23(2)3)24-17-18-25(31-5)27(33-7)26(24)32-6/h17-18,23H,8-16,19-21H2,1-7H3/t28-/m1/s1. The van der Waals surface area contributed by atoms with E-state index in [-0.39, 0.29) is 5.92 Å². The second-order valence-corrected chi connectivity index (χ2v) is 9.50. The van der Waals surface area contributed by atoms with Gasteiger partial charge in [-0.2, -0.15) is 5.26 Å². The molecule has 1 aromatic carbocycles. The van der Waals surface area contributed by atoms with Gasteiger partial charge in [0.15, 0.2) is 11.5 Å². The normalized spacial score (nSPS) is 13.1. The summed E-state index contributed by atoms with van der Waals surface area (Å²) in [5, 5.41) is 10.4. The second-order valence-electron chi connectivity index (χ2n) is 9.50. The van der Waals surface area contributed by atoms with E-state index in [0.717, 1.165) is 31.5 Å². The summed E-state index contributed by atoms with van der Waals surface area (Å²) >= 11 is 0. The van der Waals surface area contributed by atoms with Crippen molar-refractivity contribution in [2.24, 2.45) is 5.92 Å². The Morgan fingerprint density at radius 3 is 1.94 bits per heavy atom. The van der Waals surface area contributed by atoms with Gasteiger partial charge in [0.25, 0.3) is 0 Å². The number of methoxy groups -OCH3 is 3. The van der Waals surface area contributed by atoms with Crippen molar-refractivity contribution >= 4 is 0 Å². The van der Waals surface area contributed by atoms with Crippen molar-refractivity contribution in [2.75, 3.05) is 41.5 Å². The summed E-state index contributed by atoms with van der Waals surface area (Å²) in [6, 6.07) is 6.49. The maximum absolute atomic E-state index is 10.4. The fourth-order valence-corrected chi connectivity index (χ4v) is 4.69. The predicted molar refractivity (Wildman–Crippen MR) is 138 cm³/mol. The largest absolute Gasteiger partial charge is 0.493 e. The summed E-state index contributed by atoms with van der Waals surface area (Å²) in [5.74, 6) is 1.88. The number of unbranched alkanes of at least 4 members (excludes halogenated alkanes) is 7. The number of rotatable bonds is 18. The number of hydrogen-bond acceptors (Lipinski definition) is 5. The molecule has 0 N–H and O–H groups in total. The molecule has 5 nitrogen and oxygen atoms in total. The number of benzene rings is 1. The zero-order valence-electron chi connectivity index (χ0n) is 22.3. The van der Waals surface area contributed by atoms with Crippen LogP contribution in [-0.4, -0.2) is 46.4 Å². The van der Waals surface area contributed by atoms with E-state index >= 15 is 0 Å². The van der Waals surface area contributed by atoms with Gasteiger partial charge >= 0.3 is 0 Å². The molecule has 0 amide bonds. The van der Waals surface area contributed by atoms with Gasteiger partial charge in [0.2, 0.25) is 5.75 Å². The van der Waals surface area contributed by atoms with E-state index in [0.29, 0.717) is 17.2 Å². The number of ether oxygens (including phenoxy) is 3. The van der Waals surface area contributed by atoms with Crippen molar-refractivity contribution in [3.8, 4) is 23.3 Å². The fourth-order valence-electron chi connectivity index (χ4n) is 4.69. The third-order valence-corrected chi connectivity index (χ3v) is 6.87. The zero-order chi connectivity index (χ0) is 24.7. The lowest BCUT2D eigenvalue weighted by Crippen LogP contribution is -2.33. The van der Waals surface area contributed by atoms with Crippen LogP contribution in [0.2, 0.25) is 0 Å². The van der Waals surface area contributed by atoms with E-state index in [2.05, 4.69) is 38.8 Å². The monoisotopic (exact) mass is 460 g/mol. The average Bonchev–Trinajstić information content (AvgIpc) is 2.82. The number of nitrogens with zero attached hydrogens (tertiary/aromatic N) is 2. The smallest absolute Gasteiger partial charge is 0.203 e. The van der Waals surface area contributed by atoms with Crippen LogP contribution in [0, 0.1) is 17.2 Å². The molecule has 0 saturated carbocycles. The topological polar surface area (TPSA) is 54.7 Å². The third-order valence-electron chi connectivity index (χ3n) is 6.87. The van der Waals surface area contributed by atoms with Crippen LogP contribution in [0.5, 0.6) is 17.2 Å². The second kappa shape index (κ2) is 15.8. The van der Waals surface area contributed by atoms with E-state index in [4.69, 9.17) is 14.2 Å². The molecule has 1 aromatic rings. The van der Waals surface area contributed by atoms with Crippen molar-refractivity contribution in [3.05, 3.63) is 17.7 Å². The van der Waals surface area contributed by atoms with Gasteiger partial charge in [-0.05, 0) is 57.5 Å². The minimum Gasteiger partial charge on any atom is -0.493 e. The summed E-state index contributed by atoms with van der Waals surface area (Å²) in [7, 11) is 7.04. The van der Waals surface area contributed by atoms with E-state index < -0.39 is 5.41 Å². The highest BCUT2D eigenvalue weighted by Gasteiger charge is 2.39. The van der Waals surface area contributed by atoms with Gasteiger partial charge in [0.05, 0.1) is 32.8 Å². The van der Waals surface area contributed by atoms with Crippen molar-refractivity contribution in [1.82, 2.24) is 4.90 Å². The Balaban J connectivity index is 2.72. The molecule has 1 rings (SSSR count). The summed E-state index contributed by atoms with van der Waals surface area (Å²) < 4.78 is 16.8. The maximum atomic E-state index is 10.4. The summed E-state index contributed by atoms with van der Waals surface area (Å²) in [6.45, 7) is 8.60. The molecule has 0 aliphatic rings. The lowest BCUT2D eigenvalue weighted by Gasteiger charge is -2.34. The van der Waals surface area contributed by atoms with Crippen molar-refractivity contribution in [1.29, 1.82) is 5.26 Å². The summed E-state index contributed by atoms with van der Waals surface area (Å²) in [6.07, 6.45) is 12.5. The van der Waals surface area contributed by atoms with E-state index in [1.165, 1.54) is 51.4 Å². The average molecular weight is 461 g/mol. The molecule has 0 saturated heterocycles. The Morgan fingerprint density at radius 2 is 1.42 bits per heavy atom. The molecule has 0 aliphatic heterocycles. The molecule has 0 spiro atoms. The van der Waals surface area contributed by atoms with Gasteiger partial charge < -0.3 is 19.1 Å². The van der Waals surface area contributed by atoms with Crippen LogP contribution in [0.3, 0.4) is 0 Å². The molecule has 33 heavy (non-hydrogen) atoms. The van der Waals surface area contributed by atoms with Gasteiger partial charge in [-0.15, -0.1) is 0 Å². The molecule has 1 atom stereocenters. The Bertz CT molecular complexity index is 714. The first-order valence-electron chi connectivity index (χ1n) is 12.8. The number of nitriles is 1. The SMILES string of the molecule is CCCCCCCCCCN(C)CCC[C@](C#N)(c1ccc(OC)c(OC)c1OC)C(C)C. The fraction of sp³-hybridized carbons (Fsp3) is 0.750. The quantitative estimate of drug-likeness (QED) is 0.221. The van der Waals surface area contributed by atoms with Crippen LogP contribution >= 0.6 is 0 Å². The molecule has 5 heteroatoms. The molecule has 0 heterocycles. The molecular formula is C28H48N2O3. The molecule has 0 bridgehead atoms. The number of hydrogen-bond donors (Lipinski definition) is 0. The molecule has 0 unspecified atom stereocenters. The van der Waals surface area contributed by atoms with Gasteiger partial charge in [0, 0.05) is 5.56 Å². The summed E-state index contributed by atoms with van der Waals surface area (Å²) in [4.78, 5) is 2.41. The third kappa shape index (κ3) is 8.41. The van der Waals surface area contributed by atoms with Gasteiger partial charge in [0.1, 0.15) is 0 Å². The van der Waals surface area contributed by atoms with Crippen LogP contribution in [0.15, 0.2) is 12.1 Å². The Labute approximate surface area is 203 Å². The molecule has 0 fully saturated rings. The van der Waals surface area contributed by atoms with Crippen molar-refractivity contribution in [3.63, 3.8) is 0 Å². The molecule has 0 aromatic heterocycles. The predicted octanol–water partition coefficient (Wildman–Crippen LogP) is 6.98. The maximum Gasteiger partial charge on any atom is 0.203 e. The molecule has 0 aliphatic carbocycles. The van der Waals surface area contributed by atoms with Crippen LogP contribution in [0.1, 0.15) is 90.5 Å². The minimum absolute atomic E-state index is 0.132. The first kappa shape index (κ1) is 29.1. The van der Waals surface area contributed by atoms with Crippen LogP contribution < -0.4 is 14.2 Å². The van der Waals surface area contributed by atoms with Crippen molar-refractivity contribution < 1.29 is 14.2 Å². The lowest BCUT2D eigenvalue weighted by atomic mass is 9.69. The highest BCUT2D eigenvalue weighted by molar-refractivity contribution is 5.59. The minimum atomic E-state index is -0.649. The first-order chi connectivity index (χ1) is 15.9. The van der Waals surface area contributed by atoms with Gasteiger partial charge in [-0.25, -0.2) is 0 Å². The van der Waals surface area contributed by atoms with E-state index in [9.17, 15) is 5.26 Å². The Morgan fingerprint density at radius 1 is 0.848 bits per heavy atom. The van der Waals surface area contributed by atoms with Crippen molar-refractivity contribution in [2.45, 2.75) is 90.4 Å². The Hall–Kier alpha value is -1.93. The van der Waals surface area contributed by atoms with Gasteiger partial charge in [-0.3, -0.25) is 0 Å². The van der Waals surface area contributed by atoms with Crippen LogP contribution in [0.25, 0.3) is 0 Å². The first-order valence-corrected chi connectivity index (χ1v) is 12.8. The zero-order valence-corrected chi connectivity index (χ0v) is 22.3. The van der Waals surface area contributed by atoms with Crippen LogP contribution in [0.4, 0.5) is 0 Å². The van der Waals surface area contributed by atoms with Crippen LogP contribution in [-0.2, 0) is 5.41 Å². The van der Waals surface area contributed by atoms with E-state index in [1.54, 1.807) is 21.3 Å². The lowest BCUT2D eigenvalue weighted by molar-refractivity contribution is 0.276. The van der Waals surface area contributed by atoms with E-state index in [1.807, 2.05) is 12.1 Å². The molecule has 188 valence electrons. The molecular weight excluding hydrogens is 412 g/mol. The molecule has 0 radical (unpaired) electrons. The highest BCUT2D eigenvalue weighted by Crippen LogP contribution is 2.48. The highest BCUT2D eigenvalue weighted by atomic mass is 16.5. The van der Waals surface area contributed by atoms with Gasteiger partial charge in [-0.1, -0.05) is 65.7 Å².